The minimum Gasteiger partial charge on any atom is -0.370 e. The van der Waals surface area contributed by atoms with Crippen LogP contribution in [0, 0.1) is 12.8 Å². The molecule has 0 spiro atoms. The molecule has 1 N–H and O–H groups in total. The number of rotatable bonds is 2. The quantitative estimate of drug-likeness (QED) is 0.517. The van der Waals surface area contributed by atoms with E-state index in [1.807, 2.05) is 18.2 Å². The van der Waals surface area contributed by atoms with Gasteiger partial charge in [0.2, 0.25) is 0 Å². The zero-order valence-corrected chi connectivity index (χ0v) is 16.8. The fourth-order valence-electron chi connectivity index (χ4n) is 4.20. The zero-order chi connectivity index (χ0) is 21.8. The lowest BCUT2D eigenvalue weighted by molar-refractivity contribution is -0.175. The van der Waals surface area contributed by atoms with Crippen LogP contribution in [0.3, 0.4) is 0 Å². The van der Waals surface area contributed by atoms with Gasteiger partial charge in [0, 0.05) is 29.6 Å². The van der Waals surface area contributed by atoms with Gasteiger partial charge >= 0.3 is 6.18 Å². The second-order valence-electron chi connectivity index (χ2n) is 7.95. The number of H-pyrrole nitrogens is 1. The summed E-state index contributed by atoms with van der Waals surface area (Å²) in [5.74, 6) is -0.960. The molecule has 6 nitrogen and oxygen atoms in total. The summed E-state index contributed by atoms with van der Waals surface area (Å²) in [6.45, 7) is 2.23. The Bertz CT molecular complexity index is 1340. The number of nitrogens with one attached hydrogen (secondary N) is 1. The summed E-state index contributed by atoms with van der Waals surface area (Å²) in [5.41, 5.74) is 2.87. The number of pyridine rings is 2. The minimum atomic E-state index is -4.19. The number of aromatic nitrogens is 4. The van der Waals surface area contributed by atoms with Crippen molar-refractivity contribution in [1.29, 1.82) is 0 Å². The zero-order valence-electron chi connectivity index (χ0n) is 16.8. The molecule has 160 valence electrons. The van der Waals surface area contributed by atoms with E-state index in [1.165, 1.54) is 0 Å². The van der Waals surface area contributed by atoms with Gasteiger partial charge in [0.15, 0.2) is 16.9 Å². The van der Waals surface area contributed by atoms with Crippen LogP contribution in [0.2, 0.25) is 0 Å². The van der Waals surface area contributed by atoms with Crippen molar-refractivity contribution < 1.29 is 13.2 Å². The molecule has 5 rings (SSSR count). The largest absolute Gasteiger partial charge is 0.393 e. The third kappa shape index (κ3) is 3.43. The van der Waals surface area contributed by atoms with Gasteiger partial charge in [-0.2, -0.15) is 13.2 Å². The molecule has 1 fully saturated rings. The first-order chi connectivity index (χ1) is 14.8. The molecular formula is C22H20F3N5O. The highest BCUT2D eigenvalue weighted by Crippen LogP contribution is 2.34. The summed E-state index contributed by atoms with van der Waals surface area (Å²) in [7, 11) is 0. The maximum Gasteiger partial charge on any atom is 0.393 e. The van der Waals surface area contributed by atoms with E-state index < -0.39 is 12.1 Å². The van der Waals surface area contributed by atoms with E-state index in [2.05, 4.69) is 15.1 Å². The van der Waals surface area contributed by atoms with Gasteiger partial charge in [-0.05, 0) is 44.0 Å². The molecule has 0 amide bonds. The van der Waals surface area contributed by atoms with Gasteiger partial charge in [-0.1, -0.05) is 12.1 Å². The van der Waals surface area contributed by atoms with Gasteiger partial charge in [-0.15, -0.1) is 5.10 Å². The number of piperidine rings is 1. The van der Waals surface area contributed by atoms with Crippen molar-refractivity contribution in [2.45, 2.75) is 25.9 Å². The molecule has 4 heterocycles. The van der Waals surface area contributed by atoms with Crippen molar-refractivity contribution in [1.82, 2.24) is 19.6 Å². The van der Waals surface area contributed by atoms with Crippen molar-refractivity contribution in [2.75, 3.05) is 18.0 Å². The summed E-state index contributed by atoms with van der Waals surface area (Å²) < 4.78 is 41.1. The number of benzene rings is 1. The number of hydrogen-bond acceptors (Lipinski definition) is 4. The lowest BCUT2D eigenvalue weighted by Crippen LogP contribution is -2.41. The van der Waals surface area contributed by atoms with Crippen LogP contribution in [0.4, 0.5) is 18.9 Å². The Kier molecular flexibility index (Phi) is 4.49. The molecular weight excluding hydrogens is 407 g/mol. The van der Waals surface area contributed by atoms with Crippen LogP contribution in [0.25, 0.3) is 28.1 Å². The molecule has 1 aromatic carbocycles. The monoisotopic (exact) mass is 427 g/mol. The topological polar surface area (TPSA) is 66.3 Å². The summed E-state index contributed by atoms with van der Waals surface area (Å²) in [6.07, 6.45) is -1.85. The fourth-order valence-corrected chi connectivity index (χ4v) is 4.20. The number of para-hydroxylation sites is 1. The van der Waals surface area contributed by atoms with Crippen LogP contribution in [0.1, 0.15) is 18.4 Å². The highest BCUT2D eigenvalue weighted by molar-refractivity contribution is 5.82. The molecule has 1 atom stereocenters. The van der Waals surface area contributed by atoms with Gasteiger partial charge in [0.25, 0.3) is 0 Å². The summed E-state index contributed by atoms with van der Waals surface area (Å²) in [6, 6.07) is 10.7. The molecule has 0 aliphatic carbocycles. The molecule has 1 unspecified atom stereocenters. The summed E-state index contributed by atoms with van der Waals surface area (Å²) in [5, 5.41) is 5.10. The van der Waals surface area contributed by atoms with E-state index >= 15 is 0 Å². The molecule has 0 radical (unpaired) electrons. The average Bonchev–Trinajstić information content (AvgIpc) is 3.19. The maximum atomic E-state index is 13.2. The first-order valence-electron chi connectivity index (χ1n) is 10.1. The second-order valence-corrected chi connectivity index (χ2v) is 7.95. The predicted octanol–water partition coefficient (Wildman–Crippen LogP) is 4.32. The van der Waals surface area contributed by atoms with Crippen molar-refractivity contribution in [3.8, 4) is 11.5 Å². The Morgan fingerprint density at radius 1 is 1.16 bits per heavy atom. The van der Waals surface area contributed by atoms with E-state index in [4.69, 9.17) is 0 Å². The van der Waals surface area contributed by atoms with Gasteiger partial charge in [-0.3, -0.25) is 4.79 Å². The van der Waals surface area contributed by atoms with Gasteiger partial charge < -0.3 is 9.88 Å². The van der Waals surface area contributed by atoms with Crippen LogP contribution in [0.5, 0.6) is 0 Å². The normalized spacial score (nSPS) is 17.5. The standard InChI is InChI=1S/C22H20F3N5O/c1-13-19(26-17-7-3-2-6-16(17)20(13)31)21-27-18-9-8-15(12-30(18)28-21)29-10-4-5-14(11-29)22(23,24)25/h2-3,6-9,12,14H,4-5,10-11H2,1H3,(H,26,31). The molecule has 4 aromatic rings. The molecule has 3 aromatic heterocycles. The average molecular weight is 427 g/mol. The molecule has 1 aliphatic rings. The van der Waals surface area contributed by atoms with Crippen molar-refractivity contribution in [2.24, 2.45) is 5.92 Å². The van der Waals surface area contributed by atoms with Crippen molar-refractivity contribution in [3.05, 3.63) is 58.4 Å². The summed E-state index contributed by atoms with van der Waals surface area (Å²) >= 11 is 0. The first-order valence-corrected chi connectivity index (χ1v) is 10.1. The third-order valence-corrected chi connectivity index (χ3v) is 5.94. The molecule has 31 heavy (non-hydrogen) atoms. The lowest BCUT2D eigenvalue weighted by Gasteiger charge is -2.35. The number of halogens is 3. The molecule has 1 aliphatic heterocycles. The second kappa shape index (κ2) is 7.11. The molecule has 0 bridgehead atoms. The Hall–Kier alpha value is -3.36. The van der Waals surface area contributed by atoms with E-state index in [-0.39, 0.29) is 18.4 Å². The Balaban J connectivity index is 1.53. The smallest absolute Gasteiger partial charge is 0.370 e. The molecule has 9 heteroatoms. The Morgan fingerprint density at radius 3 is 2.77 bits per heavy atom. The third-order valence-electron chi connectivity index (χ3n) is 5.94. The van der Waals surface area contributed by atoms with Gasteiger partial charge in [0.05, 0.1) is 23.5 Å². The molecule has 1 saturated heterocycles. The highest BCUT2D eigenvalue weighted by Gasteiger charge is 2.41. The van der Waals surface area contributed by atoms with Crippen LogP contribution in [-0.2, 0) is 0 Å². The Labute approximate surface area is 175 Å². The van der Waals surface area contributed by atoms with E-state index in [0.29, 0.717) is 52.3 Å². The number of aromatic amines is 1. The maximum absolute atomic E-state index is 13.2. The SMILES string of the molecule is Cc1c(-c2nc3ccc(N4CCCC(C(F)(F)F)C4)cn3n2)[nH]c2ccccc2c1=O. The van der Waals surface area contributed by atoms with Crippen LogP contribution < -0.4 is 10.3 Å². The van der Waals surface area contributed by atoms with Crippen LogP contribution >= 0.6 is 0 Å². The van der Waals surface area contributed by atoms with Crippen LogP contribution in [-0.4, -0.2) is 38.8 Å². The Morgan fingerprint density at radius 2 is 1.97 bits per heavy atom. The van der Waals surface area contributed by atoms with E-state index in [9.17, 15) is 18.0 Å². The number of nitrogens with zero attached hydrogens (tertiary/aromatic N) is 4. The minimum absolute atomic E-state index is 0.0618. The van der Waals surface area contributed by atoms with E-state index in [1.54, 1.807) is 40.7 Å². The van der Waals surface area contributed by atoms with Crippen molar-refractivity contribution in [3.63, 3.8) is 0 Å². The number of anilines is 1. The molecule has 0 saturated carbocycles. The van der Waals surface area contributed by atoms with Crippen molar-refractivity contribution >= 4 is 22.2 Å². The number of alkyl halides is 3. The van der Waals surface area contributed by atoms with Gasteiger partial charge in [-0.25, -0.2) is 9.50 Å². The number of hydrogen-bond donors (Lipinski definition) is 1. The van der Waals surface area contributed by atoms with E-state index in [0.717, 1.165) is 0 Å². The fraction of sp³-hybridized carbons (Fsp3) is 0.318. The number of fused-ring (bicyclic) bond motifs is 2. The predicted molar refractivity (Wildman–Crippen MR) is 112 cm³/mol. The highest BCUT2D eigenvalue weighted by atomic mass is 19.4. The van der Waals surface area contributed by atoms with Gasteiger partial charge in [0.1, 0.15) is 0 Å². The van der Waals surface area contributed by atoms with Crippen LogP contribution in [0.15, 0.2) is 47.4 Å². The first kappa shape index (κ1) is 19.6. The lowest BCUT2D eigenvalue weighted by atomic mass is 9.97. The summed E-state index contributed by atoms with van der Waals surface area (Å²) in [4.78, 5) is 22.2.